The number of carbonyl (C=O) groups excluding carboxylic acids is 1. The monoisotopic (exact) mass is 357 g/mol. The summed E-state index contributed by atoms with van der Waals surface area (Å²) < 4.78 is 5.51. The van der Waals surface area contributed by atoms with Gasteiger partial charge < -0.3 is 15.4 Å². The molecule has 3 N–H and O–H groups in total. The fourth-order valence-corrected chi connectivity index (χ4v) is 2.31. The van der Waals surface area contributed by atoms with Gasteiger partial charge in [-0.3, -0.25) is 4.79 Å². The van der Waals surface area contributed by atoms with Gasteiger partial charge in [0.05, 0.1) is 12.3 Å². The number of nitrogens with one attached hydrogen (secondary N) is 3. The van der Waals surface area contributed by atoms with Crippen molar-refractivity contribution in [1.29, 1.82) is 0 Å². The van der Waals surface area contributed by atoms with Gasteiger partial charge in [0.25, 0.3) is 5.91 Å². The van der Waals surface area contributed by atoms with E-state index in [1.54, 1.807) is 36.4 Å². The minimum absolute atomic E-state index is 0.140. The number of nitrogens with zero attached hydrogens (tertiary/aromatic N) is 2. The van der Waals surface area contributed by atoms with Crippen LogP contribution in [0.3, 0.4) is 0 Å². The van der Waals surface area contributed by atoms with Gasteiger partial charge in [-0.05, 0) is 43.3 Å². The Bertz CT molecular complexity index is 863. The number of amides is 1. The Morgan fingerprint density at radius 2 is 1.92 bits per heavy atom. The van der Waals surface area contributed by atoms with E-state index in [2.05, 4.69) is 26.0 Å². The van der Waals surface area contributed by atoms with Gasteiger partial charge in [-0.1, -0.05) is 23.7 Å². The Balaban J connectivity index is 1.78. The van der Waals surface area contributed by atoms with E-state index in [0.29, 0.717) is 28.9 Å². The van der Waals surface area contributed by atoms with Crippen LogP contribution >= 0.6 is 11.6 Å². The van der Waals surface area contributed by atoms with Crippen LogP contribution in [0.2, 0.25) is 5.02 Å². The molecule has 3 rings (SSSR count). The average molecular weight is 358 g/mol. The van der Waals surface area contributed by atoms with E-state index in [1.165, 1.54) is 0 Å². The fraction of sp³-hybridized carbons (Fsp3) is 0.118. The molecule has 0 aliphatic rings. The van der Waals surface area contributed by atoms with Crippen molar-refractivity contribution in [2.24, 2.45) is 0 Å². The highest BCUT2D eigenvalue weighted by Crippen LogP contribution is 2.25. The molecule has 1 amide bonds. The van der Waals surface area contributed by atoms with Gasteiger partial charge in [-0.25, -0.2) is 0 Å². The first-order valence-corrected chi connectivity index (χ1v) is 8.01. The maximum atomic E-state index is 12.5. The fourth-order valence-electron chi connectivity index (χ4n) is 2.18. The lowest BCUT2D eigenvalue weighted by molar-refractivity contribution is 0.102. The molecule has 128 valence electrons. The van der Waals surface area contributed by atoms with Crippen molar-refractivity contribution in [3.05, 3.63) is 59.2 Å². The Morgan fingerprint density at radius 1 is 1.16 bits per heavy atom. The molecule has 8 heteroatoms. The standard InChI is InChI=1S/C17H16ClN5O2/c1-2-25-14-6-4-3-5-13(14)20-17(24)15-16(22-23-21-15)19-12-9-7-11(18)8-10-12/h3-10H,2H2,1H3,(H,20,24)(H2,19,21,22,23). The topological polar surface area (TPSA) is 91.9 Å². The van der Waals surface area contributed by atoms with Crippen LogP contribution in [0.15, 0.2) is 48.5 Å². The number of anilines is 3. The number of hydrogen-bond acceptors (Lipinski definition) is 5. The van der Waals surface area contributed by atoms with E-state index in [0.717, 1.165) is 5.69 Å². The lowest BCUT2D eigenvalue weighted by Gasteiger charge is -2.11. The highest BCUT2D eigenvalue weighted by Gasteiger charge is 2.18. The lowest BCUT2D eigenvalue weighted by Crippen LogP contribution is -2.15. The molecule has 0 atom stereocenters. The predicted octanol–water partition coefficient (Wildman–Crippen LogP) is 3.85. The summed E-state index contributed by atoms with van der Waals surface area (Å²) in [5.41, 5.74) is 1.44. The average Bonchev–Trinajstić information content (AvgIpc) is 3.07. The molecule has 0 saturated carbocycles. The third-order valence-corrected chi connectivity index (χ3v) is 3.56. The van der Waals surface area contributed by atoms with Crippen LogP contribution in [0.25, 0.3) is 0 Å². The van der Waals surface area contributed by atoms with Crippen LogP contribution in [-0.2, 0) is 0 Å². The molecule has 7 nitrogen and oxygen atoms in total. The number of rotatable bonds is 6. The highest BCUT2D eigenvalue weighted by molar-refractivity contribution is 6.30. The summed E-state index contributed by atoms with van der Waals surface area (Å²) in [4.78, 5) is 12.5. The second kappa shape index (κ2) is 7.67. The van der Waals surface area contributed by atoms with Crippen LogP contribution in [0.4, 0.5) is 17.2 Å². The van der Waals surface area contributed by atoms with Crippen molar-refractivity contribution in [3.63, 3.8) is 0 Å². The third kappa shape index (κ3) is 4.07. The molecular formula is C17H16ClN5O2. The Kier molecular flexibility index (Phi) is 5.15. The van der Waals surface area contributed by atoms with Gasteiger partial charge in [0.2, 0.25) is 0 Å². The Morgan fingerprint density at radius 3 is 2.68 bits per heavy atom. The molecule has 0 aliphatic carbocycles. The van der Waals surface area contributed by atoms with Crippen LogP contribution < -0.4 is 15.4 Å². The van der Waals surface area contributed by atoms with E-state index in [1.807, 2.05) is 19.1 Å². The van der Waals surface area contributed by atoms with Crippen LogP contribution in [0, 0.1) is 0 Å². The number of aromatic nitrogens is 3. The van der Waals surface area contributed by atoms with Crippen molar-refractivity contribution in [3.8, 4) is 5.75 Å². The Labute approximate surface area is 149 Å². The molecule has 0 bridgehead atoms. The van der Waals surface area contributed by atoms with Gasteiger partial charge >= 0.3 is 0 Å². The molecule has 0 fully saturated rings. The number of halogens is 1. The first kappa shape index (κ1) is 16.8. The number of benzene rings is 2. The number of hydrogen-bond donors (Lipinski definition) is 3. The highest BCUT2D eigenvalue weighted by atomic mass is 35.5. The van der Waals surface area contributed by atoms with Gasteiger partial charge in [0.15, 0.2) is 11.5 Å². The number of ether oxygens (including phenoxy) is 1. The number of para-hydroxylation sites is 2. The minimum atomic E-state index is -0.405. The van der Waals surface area contributed by atoms with E-state index in [9.17, 15) is 4.79 Å². The molecule has 0 aliphatic heterocycles. The summed E-state index contributed by atoms with van der Waals surface area (Å²) in [7, 11) is 0. The summed E-state index contributed by atoms with van der Waals surface area (Å²) in [6.45, 7) is 2.38. The normalized spacial score (nSPS) is 10.3. The van der Waals surface area contributed by atoms with Crippen molar-refractivity contribution in [2.45, 2.75) is 6.92 Å². The molecule has 0 unspecified atom stereocenters. The molecule has 0 radical (unpaired) electrons. The van der Waals surface area contributed by atoms with Gasteiger partial charge in [-0.2, -0.15) is 5.21 Å². The quantitative estimate of drug-likeness (QED) is 0.623. The second-order valence-electron chi connectivity index (χ2n) is 5.04. The summed E-state index contributed by atoms with van der Waals surface area (Å²) >= 11 is 5.87. The third-order valence-electron chi connectivity index (χ3n) is 3.31. The van der Waals surface area contributed by atoms with Crippen molar-refractivity contribution >= 4 is 34.7 Å². The maximum Gasteiger partial charge on any atom is 0.280 e. The van der Waals surface area contributed by atoms with Crippen molar-refractivity contribution in [1.82, 2.24) is 15.4 Å². The molecule has 0 saturated heterocycles. The van der Waals surface area contributed by atoms with E-state index in [-0.39, 0.29) is 5.69 Å². The summed E-state index contributed by atoms with van der Waals surface area (Å²) in [5.74, 6) is 0.500. The van der Waals surface area contributed by atoms with E-state index < -0.39 is 5.91 Å². The SMILES string of the molecule is CCOc1ccccc1NC(=O)c1n[nH]nc1Nc1ccc(Cl)cc1. The zero-order valence-corrected chi connectivity index (χ0v) is 14.2. The molecule has 0 spiro atoms. The Hall–Kier alpha value is -3.06. The smallest absolute Gasteiger partial charge is 0.280 e. The number of aromatic amines is 1. The maximum absolute atomic E-state index is 12.5. The molecule has 25 heavy (non-hydrogen) atoms. The van der Waals surface area contributed by atoms with Gasteiger partial charge in [-0.15, -0.1) is 10.2 Å². The van der Waals surface area contributed by atoms with Crippen molar-refractivity contribution in [2.75, 3.05) is 17.2 Å². The molecule has 3 aromatic rings. The summed E-state index contributed by atoms with van der Waals surface area (Å²) in [5, 5.41) is 16.8. The molecular weight excluding hydrogens is 342 g/mol. The van der Waals surface area contributed by atoms with Crippen LogP contribution in [0.1, 0.15) is 17.4 Å². The molecule has 2 aromatic carbocycles. The van der Waals surface area contributed by atoms with E-state index >= 15 is 0 Å². The minimum Gasteiger partial charge on any atom is -0.492 e. The molecule has 1 aromatic heterocycles. The van der Waals surface area contributed by atoms with Crippen LogP contribution in [0.5, 0.6) is 5.75 Å². The van der Waals surface area contributed by atoms with Gasteiger partial charge in [0.1, 0.15) is 5.75 Å². The summed E-state index contributed by atoms with van der Waals surface area (Å²) in [6.07, 6.45) is 0. The predicted molar refractivity (Wildman–Crippen MR) is 96.7 cm³/mol. The van der Waals surface area contributed by atoms with Crippen molar-refractivity contribution < 1.29 is 9.53 Å². The van der Waals surface area contributed by atoms with Gasteiger partial charge in [0, 0.05) is 10.7 Å². The van der Waals surface area contributed by atoms with E-state index in [4.69, 9.17) is 16.3 Å². The second-order valence-corrected chi connectivity index (χ2v) is 5.47. The summed E-state index contributed by atoms with van der Waals surface area (Å²) in [6, 6.07) is 14.2. The number of carbonyl (C=O) groups is 1. The first-order valence-electron chi connectivity index (χ1n) is 7.64. The first-order chi connectivity index (χ1) is 12.2. The largest absolute Gasteiger partial charge is 0.492 e. The zero-order chi connectivity index (χ0) is 17.6. The zero-order valence-electron chi connectivity index (χ0n) is 13.4. The van der Waals surface area contributed by atoms with Crippen LogP contribution in [-0.4, -0.2) is 27.9 Å². The number of H-pyrrole nitrogens is 1. The lowest BCUT2D eigenvalue weighted by atomic mass is 10.2. The molecule has 1 heterocycles.